The molecule has 2 aromatic rings. The number of carbonyl (C=O) groups is 1. The highest BCUT2D eigenvalue weighted by molar-refractivity contribution is 5.81. The van der Waals surface area contributed by atoms with E-state index in [4.69, 9.17) is 4.98 Å². The van der Waals surface area contributed by atoms with Gasteiger partial charge in [0.2, 0.25) is 5.91 Å². The van der Waals surface area contributed by atoms with Crippen LogP contribution in [-0.4, -0.2) is 44.2 Å². The lowest BCUT2D eigenvalue weighted by Crippen LogP contribution is -2.66. The van der Waals surface area contributed by atoms with Crippen molar-refractivity contribution in [1.29, 1.82) is 0 Å². The lowest BCUT2D eigenvalue weighted by atomic mass is 9.56. The summed E-state index contributed by atoms with van der Waals surface area (Å²) in [5, 5.41) is 11.1. The summed E-state index contributed by atoms with van der Waals surface area (Å²) in [6, 6.07) is 4.39. The zero-order chi connectivity index (χ0) is 19.0. The van der Waals surface area contributed by atoms with E-state index in [1.807, 2.05) is 11.8 Å². The molecule has 2 aliphatic carbocycles. The fraction of sp³-hybridized carbons (Fsp3) is 0.636. The van der Waals surface area contributed by atoms with Crippen molar-refractivity contribution in [3.05, 3.63) is 29.6 Å². The molecule has 0 bridgehead atoms. The SMILES string of the molecule is Cc1cn(C)c2nc(CC3CC4(C3)CN(C(=O)C3CC(C)(O)C3)C4)ccc12. The normalized spacial score (nSPS) is 29.5. The number of nitrogens with zero attached hydrogens (tertiary/aromatic N) is 3. The van der Waals surface area contributed by atoms with E-state index in [1.54, 1.807) is 0 Å². The van der Waals surface area contributed by atoms with E-state index >= 15 is 0 Å². The molecule has 1 amide bonds. The molecular formula is C22H29N3O2. The molecule has 0 unspecified atom stereocenters. The number of pyridine rings is 1. The number of aliphatic hydroxyl groups is 1. The first-order valence-corrected chi connectivity index (χ1v) is 10.2. The van der Waals surface area contributed by atoms with Crippen LogP contribution >= 0.6 is 0 Å². The van der Waals surface area contributed by atoms with Crippen LogP contribution in [0.2, 0.25) is 0 Å². The van der Waals surface area contributed by atoms with Gasteiger partial charge < -0.3 is 14.6 Å². The van der Waals surface area contributed by atoms with Crippen molar-refractivity contribution in [2.45, 2.75) is 51.6 Å². The molecule has 0 atom stereocenters. The maximum absolute atomic E-state index is 12.5. The fourth-order valence-electron chi connectivity index (χ4n) is 5.82. The van der Waals surface area contributed by atoms with Gasteiger partial charge in [0.1, 0.15) is 5.65 Å². The maximum atomic E-state index is 12.5. The molecule has 3 fully saturated rings. The Hall–Kier alpha value is -1.88. The predicted molar refractivity (Wildman–Crippen MR) is 104 cm³/mol. The van der Waals surface area contributed by atoms with Crippen LogP contribution in [0.15, 0.2) is 18.3 Å². The smallest absolute Gasteiger partial charge is 0.225 e. The van der Waals surface area contributed by atoms with E-state index < -0.39 is 5.60 Å². The summed E-state index contributed by atoms with van der Waals surface area (Å²) in [6.45, 7) is 5.80. The molecule has 1 aliphatic heterocycles. The van der Waals surface area contributed by atoms with Crippen LogP contribution in [0.5, 0.6) is 0 Å². The molecule has 5 nitrogen and oxygen atoms in total. The van der Waals surface area contributed by atoms with Crippen LogP contribution in [0.1, 0.15) is 43.9 Å². The minimum atomic E-state index is -0.616. The van der Waals surface area contributed by atoms with Gasteiger partial charge in [-0.3, -0.25) is 4.79 Å². The Morgan fingerprint density at radius 1 is 1.26 bits per heavy atom. The van der Waals surface area contributed by atoms with Crippen molar-refractivity contribution in [3.63, 3.8) is 0 Å². The van der Waals surface area contributed by atoms with E-state index in [0.717, 1.165) is 25.2 Å². The lowest BCUT2D eigenvalue weighted by Gasteiger charge is -2.60. The molecule has 1 N–H and O–H groups in total. The van der Waals surface area contributed by atoms with Crippen LogP contribution in [-0.2, 0) is 18.3 Å². The summed E-state index contributed by atoms with van der Waals surface area (Å²) < 4.78 is 2.11. The molecular weight excluding hydrogens is 338 g/mol. The van der Waals surface area contributed by atoms with Gasteiger partial charge in [0.05, 0.1) is 5.60 Å². The van der Waals surface area contributed by atoms with E-state index in [2.05, 4.69) is 36.9 Å². The van der Waals surface area contributed by atoms with Gasteiger partial charge in [-0.05, 0) is 69.6 Å². The highest BCUT2D eigenvalue weighted by atomic mass is 16.3. The quantitative estimate of drug-likeness (QED) is 0.908. The summed E-state index contributed by atoms with van der Waals surface area (Å²) in [5.74, 6) is 1.01. The third kappa shape index (κ3) is 2.78. The molecule has 27 heavy (non-hydrogen) atoms. The topological polar surface area (TPSA) is 58.4 Å². The van der Waals surface area contributed by atoms with Gasteiger partial charge in [-0.25, -0.2) is 4.98 Å². The van der Waals surface area contributed by atoms with Crippen molar-refractivity contribution in [1.82, 2.24) is 14.5 Å². The Bertz CT molecular complexity index is 907. The third-order valence-electron chi connectivity index (χ3n) is 7.11. The van der Waals surface area contributed by atoms with Gasteiger partial charge in [-0.1, -0.05) is 0 Å². The molecule has 5 heteroatoms. The number of hydrogen-bond donors (Lipinski definition) is 1. The van der Waals surface area contributed by atoms with Crippen LogP contribution in [0, 0.1) is 24.2 Å². The largest absolute Gasteiger partial charge is 0.390 e. The van der Waals surface area contributed by atoms with Crippen LogP contribution in [0.3, 0.4) is 0 Å². The van der Waals surface area contributed by atoms with E-state index in [0.29, 0.717) is 24.2 Å². The van der Waals surface area contributed by atoms with Crippen molar-refractivity contribution >= 4 is 16.9 Å². The maximum Gasteiger partial charge on any atom is 0.225 e. The van der Waals surface area contributed by atoms with Crippen molar-refractivity contribution in [2.75, 3.05) is 13.1 Å². The summed E-state index contributed by atoms with van der Waals surface area (Å²) in [5.41, 5.74) is 3.30. The number of aryl methyl sites for hydroxylation is 2. The molecule has 0 radical (unpaired) electrons. The molecule has 1 spiro atoms. The number of amides is 1. The highest BCUT2D eigenvalue weighted by Gasteiger charge is 2.55. The number of rotatable bonds is 3. The van der Waals surface area contributed by atoms with Crippen LogP contribution in [0.25, 0.3) is 11.0 Å². The minimum Gasteiger partial charge on any atom is -0.390 e. The predicted octanol–water partition coefficient (Wildman–Crippen LogP) is 2.82. The van der Waals surface area contributed by atoms with Gasteiger partial charge in [-0.2, -0.15) is 0 Å². The monoisotopic (exact) mass is 367 g/mol. The van der Waals surface area contributed by atoms with Gasteiger partial charge in [-0.15, -0.1) is 0 Å². The first kappa shape index (κ1) is 17.2. The number of aromatic nitrogens is 2. The Labute approximate surface area is 160 Å². The van der Waals surface area contributed by atoms with Crippen molar-refractivity contribution in [2.24, 2.45) is 24.3 Å². The Balaban J connectivity index is 1.15. The van der Waals surface area contributed by atoms with E-state index in [1.165, 1.54) is 29.5 Å². The second-order valence-electron chi connectivity index (χ2n) is 9.87. The zero-order valence-corrected chi connectivity index (χ0v) is 16.5. The number of carbonyl (C=O) groups excluding carboxylic acids is 1. The molecule has 2 saturated carbocycles. The molecule has 5 rings (SSSR count). The standard InChI is InChI=1S/C22H29N3O2/c1-14-11-24(3)19-18(14)5-4-17(23-19)6-15-7-22(8-15)12-25(13-22)20(26)16-9-21(2,27)10-16/h4-5,11,15-16,27H,6-10,12-13H2,1-3H3. The zero-order valence-electron chi connectivity index (χ0n) is 16.5. The van der Waals surface area contributed by atoms with Crippen LogP contribution < -0.4 is 0 Å². The summed E-state index contributed by atoms with van der Waals surface area (Å²) in [7, 11) is 2.06. The molecule has 1 saturated heterocycles. The third-order valence-corrected chi connectivity index (χ3v) is 7.11. The van der Waals surface area contributed by atoms with Gasteiger partial charge in [0.15, 0.2) is 0 Å². The number of fused-ring (bicyclic) bond motifs is 1. The van der Waals surface area contributed by atoms with Crippen molar-refractivity contribution in [3.8, 4) is 0 Å². The molecule has 0 aromatic carbocycles. The second kappa shape index (κ2) is 5.57. The summed E-state index contributed by atoms with van der Waals surface area (Å²) >= 11 is 0. The molecule has 2 aromatic heterocycles. The van der Waals surface area contributed by atoms with Gasteiger partial charge in [0.25, 0.3) is 0 Å². The van der Waals surface area contributed by atoms with Crippen LogP contribution in [0.4, 0.5) is 0 Å². The average molecular weight is 367 g/mol. The van der Waals surface area contributed by atoms with Crippen molar-refractivity contribution < 1.29 is 9.90 Å². The summed E-state index contributed by atoms with van der Waals surface area (Å²) in [4.78, 5) is 19.4. The average Bonchev–Trinajstić information content (AvgIpc) is 2.79. The first-order chi connectivity index (χ1) is 12.7. The van der Waals surface area contributed by atoms with Gasteiger partial charge >= 0.3 is 0 Å². The highest BCUT2D eigenvalue weighted by Crippen LogP contribution is 2.53. The molecule has 144 valence electrons. The molecule has 3 aliphatic rings. The summed E-state index contributed by atoms with van der Waals surface area (Å²) in [6.07, 6.45) is 6.87. The first-order valence-electron chi connectivity index (χ1n) is 10.2. The number of likely N-dealkylation sites (tertiary alicyclic amines) is 1. The Kier molecular flexibility index (Phi) is 3.55. The van der Waals surface area contributed by atoms with Gasteiger partial charge in [0, 0.05) is 48.7 Å². The fourth-order valence-corrected chi connectivity index (χ4v) is 5.82. The minimum absolute atomic E-state index is 0.0536. The van der Waals surface area contributed by atoms with E-state index in [9.17, 15) is 9.90 Å². The number of hydrogen-bond acceptors (Lipinski definition) is 3. The lowest BCUT2D eigenvalue weighted by molar-refractivity contribution is -0.171. The Morgan fingerprint density at radius 3 is 2.63 bits per heavy atom. The molecule has 3 heterocycles. The van der Waals surface area contributed by atoms with E-state index in [-0.39, 0.29) is 11.8 Å². The Morgan fingerprint density at radius 2 is 1.96 bits per heavy atom. The second-order valence-corrected chi connectivity index (χ2v) is 9.87.